The summed E-state index contributed by atoms with van der Waals surface area (Å²) >= 11 is 0. The number of aromatic nitrogens is 2. The zero-order valence-electron chi connectivity index (χ0n) is 10.3. The van der Waals surface area contributed by atoms with Gasteiger partial charge in [-0.15, -0.1) is 0 Å². The highest BCUT2D eigenvalue weighted by atomic mass is 15.2. The van der Waals surface area contributed by atoms with E-state index in [0.29, 0.717) is 17.6 Å². The van der Waals surface area contributed by atoms with Crippen LogP contribution in [0.15, 0.2) is 12.4 Å². The summed E-state index contributed by atoms with van der Waals surface area (Å²) in [5.74, 6) is 0.636. The maximum atomic E-state index is 9.00. The molecule has 2 aliphatic rings. The molecule has 2 saturated heterocycles. The molecule has 2 aliphatic heterocycles. The van der Waals surface area contributed by atoms with E-state index >= 15 is 0 Å². The predicted octanol–water partition coefficient (Wildman–Crippen LogP) is 1.39. The molecule has 0 amide bonds. The van der Waals surface area contributed by atoms with Gasteiger partial charge in [0.1, 0.15) is 6.07 Å². The van der Waals surface area contributed by atoms with Gasteiger partial charge in [-0.25, -0.2) is 9.97 Å². The molecule has 0 bridgehead atoms. The van der Waals surface area contributed by atoms with Crippen molar-refractivity contribution in [1.82, 2.24) is 14.9 Å². The van der Waals surface area contributed by atoms with Crippen molar-refractivity contribution in [3.05, 3.63) is 18.1 Å². The van der Waals surface area contributed by atoms with Crippen molar-refractivity contribution in [2.75, 3.05) is 18.4 Å². The topological polar surface area (TPSA) is 64.8 Å². The van der Waals surface area contributed by atoms with Crippen LogP contribution in [0, 0.1) is 11.3 Å². The number of rotatable bonds is 2. The van der Waals surface area contributed by atoms with Crippen LogP contribution in [-0.2, 0) is 0 Å². The average molecular weight is 243 g/mol. The lowest BCUT2D eigenvalue weighted by Gasteiger charge is -2.35. The first kappa shape index (κ1) is 11.4. The third-order valence-corrected chi connectivity index (χ3v) is 3.97. The van der Waals surface area contributed by atoms with Crippen LogP contribution in [-0.4, -0.2) is 40.0 Å². The van der Waals surface area contributed by atoms with Crippen molar-refractivity contribution in [3.63, 3.8) is 0 Å². The first-order valence-electron chi connectivity index (χ1n) is 6.58. The molecule has 18 heavy (non-hydrogen) atoms. The average Bonchev–Trinajstić information content (AvgIpc) is 2.87. The summed E-state index contributed by atoms with van der Waals surface area (Å²) in [4.78, 5) is 10.8. The van der Waals surface area contributed by atoms with Gasteiger partial charge < -0.3 is 10.2 Å². The van der Waals surface area contributed by atoms with E-state index in [1.54, 1.807) is 12.4 Å². The summed E-state index contributed by atoms with van der Waals surface area (Å²) in [5, 5.41) is 12.4. The Labute approximate surface area is 107 Å². The van der Waals surface area contributed by atoms with Crippen LogP contribution in [0.25, 0.3) is 0 Å². The summed E-state index contributed by atoms with van der Waals surface area (Å²) in [5.41, 5.74) is 0.395. The van der Waals surface area contributed by atoms with E-state index in [0.717, 1.165) is 25.4 Å². The molecule has 0 aliphatic carbocycles. The standard InChI is InChI=1S/C13H17N5/c14-9-12-13(16-5-4-15-12)17-10-3-7-18-6-1-2-11(18)8-10/h4-5,10-11H,1-3,6-8H2,(H,16,17). The molecule has 1 aromatic rings. The van der Waals surface area contributed by atoms with Gasteiger partial charge in [0.2, 0.25) is 0 Å². The molecule has 2 fully saturated rings. The molecule has 1 N–H and O–H groups in total. The monoisotopic (exact) mass is 243 g/mol. The number of nitrogens with zero attached hydrogens (tertiary/aromatic N) is 4. The second-order valence-corrected chi connectivity index (χ2v) is 5.06. The van der Waals surface area contributed by atoms with Crippen LogP contribution in [0.5, 0.6) is 0 Å². The molecule has 2 atom stereocenters. The Morgan fingerprint density at radius 2 is 2.17 bits per heavy atom. The molecule has 0 radical (unpaired) electrons. The third kappa shape index (κ3) is 2.16. The fraction of sp³-hybridized carbons (Fsp3) is 0.615. The molecule has 94 valence electrons. The Kier molecular flexibility index (Phi) is 3.11. The van der Waals surface area contributed by atoms with Gasteiger partial charge in [-0.05, 0) is 32.2 Å². The van der Waals surface area contributed by atoms with E-state index in [2.05, 4.69) is 26.3 Å². The molecule has 5 nitrogen and oxygen atoms in total. The van der Waals surface area contributed by atoms with Gasteiger partial charge in [-0.3, -0.25) is 0 Å². The lowest BCUT2D eigenvalue weighted by molar-refractivity contribution is 0.188. The fourth-order valence-corrected chi connectivity index (χ4v) is 3.07. The van der Waals surface area contributed by atoms with Crippen molar-refractivity contribution < 1.29 is 0 Å². The maximum absolute atomic E-state index is 9.00. The van der Waals surface area contributed by atoms with Crippen molar-refractivity contribution >= 4 is 5.82 Å². The van der Waals surface area contributed by atoms with E-state index in [9.17, 15) is 0 Å². The predicted molar refractivity (Wildman–Crippen MR) is 68.0 cm³/mol. The van der Waals surface area contributed by atoms with Gasteiger partial charge in [0.05, 0.1) is 0 Å². The molecule has 0 saturated carbocycles. The largest absolute Gasteiger partial charge is 0.365 e. The van der Waals surface area contributed by atoms with Gasteiger partial charge in [-0.1, -0.05) is 0 Å². The van der Waals surface area contributed by atoms with Crippen LogP contribution in [0.2, 0.25) is 0 Å². The Bertz CT molecular complexity index is 467. The molecule has 2 unspecified atom stereocenters. The van der Waals surface area contributed by atoms with Crippen molar-refractivity contribution in [1.29, 1.82) is 5.26 Å². The van der Waals surface area contributed by atoms with Gasteiger partial charge in [0.25, 0.3) is 0 Å². The molecular formula is C13H17N5. The van der Waals surface area contributed by atoms with E-state index in [1.807, 2.05) is 0 Å². The summed E-state index contributed by atoms with van der Waals surface area (Å²) in [6.07, 6.45) is 8.10. The fourth-order valence-electron chi connectivity index (χ4n) is 3.07. The van der Waals surface area contributed by atoms with Gasteiger partial charge in [-0.2, -0.15) is 5.26 Å². The van der Waals surface area contributed by atoms with Crippen molar-refractivity contribution in [3.8, 4) is 6.07 Å². The van der Waals surface area contributed by atoms with E-state index in [1.165, 1.54) is 19.4 Å². The number of hydrogen-bond donors (Lipinski definition) is 1. The molecule has 3 heterocycles. The van der Waals surface area contributed by atoms with Crippen LogP contribution in [0.3, 0.4) is 0 Å². The maximum Gasteiger partial charge on any atom is 0.182 e. The Hall–Kier alpha value is -1.67. The number of anilines is 1. The van der Waals surface area contributed by atoms with Crippen LogP contribution in [0.4, 0.5) is 5.82 Å². The highest BCUT2D eigenvalue weighted by molar-refractivity contribution is 5.47. The summed E-state index contributed by atoms with van der Waals surface area (Å²) < 4.78 is 0. The summed E-state index contributed by atoms with van der Waals surface area (Å²) in [6, 6.07) is 3.23. The smallest absolute Gasteiger partial charge is 0.182 e. The van der Waals surface area contributed by atoms with E-state index < -0.39 is 0 Å². The minimum Gasteiger partial charge on any atom is -0.365 e. The van der Waals surface area contributed by atoms with Crippen molar-refractivity contribution in [2.24, 2.45) is 0 Å². The minimum atomic E-state index is 0.395. The normalized spacial score (nSPS) is 27.5. The van der Waals surface area contributed by atoms with Crippen LogP contribution in [0.1, 0.15) is 31.4 Å². The van der Waals surface area contributed by atoms with Gasteiger partial charge >= 0.3 is 0 Å². The Balaban J connectivity index is 1.68. The second-order valence-electron chi connectivity index (χ2n) is 5.06. The van der Waals surface area contributed by atoms with Crippen LogP contribution < -0.4 is 5.32 Å². The molecule has 0 spiro atoms. The first-order chi connectivity index (χ1) is 8.86. The molecule has 1 aromatic heterocycles. The zero-order chi connectivity index (χ0) is 12.4. The summed E-state index contributed by atoms with van der Waals surface area (Å²) in [6.45, 7) is 2.41. The lowest BCUT2D eigenvalue weighted by atomic mass is 9.97. The zero-order valence-corrected chi connectivity index (χ0v) is 10.3. The molecular weight excluding hydrogens is 226 g/mol. The number of nitrogens with one attached hydrogen (secondary N) is 1. The summed E-state index contributed by atoms with van der Waals surface area (Å²) in [7, 11) is 0. The number of nitriles is 1. The molecule has 0 aromatic carbocycles. The van der Waals surface area contributed by atoms with Crippen LogP contribution >= 0.6 is 0 Å². The third-order valence-electron chi connectivity index (χ3n) is 3.97. The number of fused-ring (bicyclic) bond motifs is 1. The molecule has 3 rings (SSSR count). The second kappa shape index (κ2) is 4.91. The van der Waals surface area contributed by atoms with Crippen molar-refractivity contribution in [2.45, 2.75) is 37.8 Å². The minimum absolute atomic E-state index is 0.395. The Morgan fingerprint density at radius 1 is 1.28 bits per heavy atom. The lowest BCUT2D eigenvalue weighted by Crippen LogP contribution is -2.43. The molecule has 5 heteroatoms. The first-order valence-corrected chi connectivity index (χ1v) is 6.58. The van der Waals surface area contributed by atoms with E-state index in [4.69, 9.17) is 5.26 Å². The number of hydrogen-bond acceptors (Lipinski definition) is 5. The van der Waals surface area contributed by atoms with E-state index in [-0.39, 0.29) is 0 Å². The van der Waals surface area contributed by atoms with Gasteiger partial charge in [0, 0.05) is 31.0 Å². The highest BCUT2D eigenvalue weighted by Gasteiger charge is 2.31. The SMILES string of the molecule is N#Cc1nccnc1NC1CCN2CCCC2C1. The number of piperidine rings is 1. The Morgan fingerprint density at radius 3 is 3.06 bits per heavy atom. The quantitative estimate of drug-likeness (QED) is 0.850. The highest BCUT2D eigenvalue weighted by Crippen LogP contribution is 2.28. The van der Waals surface area contributed by atoms with Gasteiger partial charge in [0.15, 0.2) is 11.5 Å².